The molecular weight excluding hydrogens is 259 g/mol. The molecule has 0 aliphatic rings. The molecule has 0 fully saturated rings. The van der Waals surface area contributed by atoms with E-state index in [1.165, 1.54) is 12.1 Å². The van der Waals surface area contributed by atoms with Crippen LogP contribution in [0.25, 0.3) is 0 Å². The van der Waals surface area contributed by atoms with Crippen molar-refractivity contribution in [1.29, 1.82) is 0 Å². The fourth-order valence-electron chi connectivity index (χ4n) is 2.04. The summed E-state index contributed by atoms with van der Waals surface area (Å²) in [5.41, 5.74) is 2.68. The second kappa shape index (κ2) is 6.32. The minimum absolute atomic E-state index is 0.0802. The number of amides is 1. The molecule has 0 unspecified atom stereocenters. The SMILES string of the molecule is Cc1noc(C)c1CCNC(=O)Cc1ccc(F)cc1. The summed E-state index contributed by atoms with van der Waals surface area (Å²) >= 11 is 0. The van der Waals surface area contributed by atoms with E-state index in [9.17, 15) is 9.18 Å². The van der Waals surface area contributed by atoms with Gasteiger partial charge in [-0.2, -0.15) is 0 Å². The van der Waals surface area contributed by atoms with Gasteiger partial charge in [-0.15, -0.1) is 0 Å². The molecule has 1 aromatic heterocycles. The number of rotatable bonds is 5. The van der Waals surface area contributed by atoms with Crippen LogP contribution in [-0.2, 0) is 17.6 Å². The van der Waals surface area contributed by atoms with Crippen LogP contribution in [0, 0.1) is 19.7 Å². The van der Waals surface area contributed by atoms with Crippen molar-refractivity contribution in [2.45, 2.75) is 26.7 Å². The van der Waals surface area contributed by atoms with E-state index in [-0.39, 0.29) is 18.1 Å². The molecule has 0 saturated carbocycles. The third-order valence-corrected chi connectivity index (χ3v) is 3.16. The van der Waals surface area contributed by atoms with Gasteiger partial charge in [0.1, 0.15) is 11.6 Å². The van der Waals surface area contributed by atoms with Crippen molar-refractivity contribution in [2.24, 2.45) is 0 Å². The molecule has 5 heteroatoms. The number of carbonyl (C=O) groups excluding carboxylic acids is 1. The lowest BCUT2D eigenvalue weighted by molar-refractivity contribution is -0.120. The van der Waals surface area contributed by atoms with Crippen LogP contribution in [-0.4, -0.2) is 17.6 Å². The Hall–Kier alpha value is -2.17. The molecule has 0 radical (unpaired) electrons. The zero-order chi connectivity index (χ0) is 14.5. The van der Waals surface area contributed by atoms with Gasteiger partial charge < -0.3 is 9.84 Å². The summed E-state index contributed by atoms with van der Waals surface area (Å²) < 4.78 is 17.8. The zero-order valence-corrected chi connectivity index (χ0v) is 11.6. The van der Waals surface area contributed by atoms with Crippen LogP contribution in [0.5, 0.6) is 0 Å². The van der Waals surface area contributed by atoms with Gasteiger partial charge in [0.2, 0.25) is 5.91 Å². The van der Waals surface area contributed by atoms with E-state index < -0.39 is 0 Å². The maximum Gasteiger partial charge on any atom is 0.224 e. The molecule has 4 nitrogen and oxygen atoms in total. The van der Waals surface area contributed by atoms with Crippen LogP contribution in [0.15, 0.2) is 28.8 Å². The Morgan fingerprint density at radius 3 is 2.60 bits per heavy atom. The van der Waals surface area contributed by atoms with Crippen LogP contribution in [0.1, 0.15) is 22.6 Å². The van der Waals surface area contributed by atoms with E-state index >= 15 is 0 Å². The highest BCUT2D eigenvalue weighted by atomic mass is 19.1. The minimum atomic E-state index is -0.299. The largest absolute Gasteiger partial charge is 0.361 e. The lowest BCUT2D eigenvalue weighted by Crippen LogP contribution is -2.27. The number of nitrogens with zero attached hydrogens (tertiary/aromatic N) is 1. The first kappa shape index (κ1) is 14.2. The molecule has 2 rings (SSSR count). The Bertz CT molecular complexity index is 571. The molecule has 0 bridgehead atoms. The van der Waals surface area contributed by atoms with Crippen LogP contribution >= 0.6 is 0 Å². The highest BCUT2D eigenvalue weighted by Gasteiger charge is 2.09. The van der Waals surface area contributed by atoms with Crippen molar-refractivity contribution in [3.63, 3.8) is 0 Å². The zero-order valence-electron chi connectivity index (χ0n) is 11.6. The molecule has 2 aromatic rings. The maximum absolute atomic E-state index is 12.7. The van der Waals surface area contributed by atoms with E-state index in [1.54, 1.807) is 12.1 Å². The molecule has 20 heavy (non-hydrogen) atoms. The van der Waals surface area contributed by atoms with Gasteiger partial charge in [-0.05, 0) is 38.0 Å². The van der Waals surface area contributed by atoms with Crippen molar-refractivity contribution in [3.05, 3.63) is 52.7 Å². The molecule has 1 aromatic carbocycles. The second-order valence-electron chi connectivity index (χ2n) is 4.71. The predicted molar refractivity (Wildman–Crippen MR) is 72.8 cm³/mol. The molecule has 1 N–H and O–H groups in total. The first-order chi connectivity index (χ1) is 9.56. The minimum Gasteiger partial charge on any atom is -0.361 e. The number of aromatic nitrogens is 1. The monoisotopic (exact) mass is 276 g/mol. The van der Waals surface area contributed by atoms with Crippen LogP contribution in [0.2, 0.25) is 0 Å². The number of halogens is 1. The molecule has 0 aliphatic carbocycles. The predicted octanol–water partition coefficient (Wildman–Crippen LogP) is 2.33. The number of nitrogens with one attached hydrogen (secondary N) is 1. The van der Waals surface area contributed by atoms with Gasteiger partial charge in [0.05, 0.1) is 12.1 Å². The van der Waals surface area contributed by atoms with Gasteiger partial charge in [-0.1, -0.05) is 17.3 Å². The van der Waals surface area contributed by atoms with Crippen molar-refractivity contribution < 1.29 is 13.7 Å². The number of hydrogen-bond donors (Lipinski definition) is 1. The molecule has 1 heterocycles. The summed E-state index contributed by atoms with van der Waals surface area (Å²) in [5, 5.41) is 6.70. The standard InChI is InChI=1S/C15H17FN2O2/c1-10-14(11(2)20-18-10)7-8-17-15(19)9-12-3-5-13(16)6-4-12/h3-6H,7-9H2,1-2H3,(H,17,19). The second-order valence-corrected chi connectivity index (χ2v) is 4.71. The number of hydrogen-bond acceptors (Lipinski definition) is 3. The van der Waals surface area contributed by atoms with E-state index in [0.29, 0.717) is 13.0 Å². The number of carbonyl (C=O) groups is 1. The third-order valence-electron chi connectivity index (χ3n) is 3.16. The quantitative estimate of drug-likeness (QED) is 0.912. The molecule has 106 valence electrons. The van der Waals surface area contributed by atoms with Gasteiger partial charge in [0.15, 0.2) is 0 Å². The van der Waals surface area contributed by atoms with Crippen molar-refractivity contribution in [3.8, 4) is 0 Å². The van der Waals surface area contributed by atoms with Gasteiger partial charge in [0, 0.05) is 12.1 Å². The fourth-order valence-corrected chi connectivity index (χ4v) is 2.04. The Morgan fingerprint density at radius 1 is 1.30 bits per heavy atom. The van der Waals surface area contributed by atoms with Crippen LogP contribution in [0.4, 0.5) is 4.39 Å². The van der Waals surface area contributed by atoms with Crippen LogP contribution in [0.3, 0.4) is 0 Å². The summed E-state index contributed by atoms with van der Waals surface area (Å²) in [4.78, 5) is 11.8. The molecule has 1 amide bonds. The van der Waals surface area contributed by atoms with Crippen molar-refractivity contribution in [2.75, 3.05) is 6.54 Å². The van der Waals surface area contributed by atoms with Crippen molar-refractivity contribution in [1.82, 2.24) is 10.5 Å². The average Bonchev–Trinajstić information content (AvgIpc) is 2.73. The first-order valence-corrected chi connectivity index (χ1v) is 6.49. The van der Waals surface area contributed by atoms with Gasteiger partial charge in [-0.3, -0.25) is 4.79 Å². The number of benzene rings is 1. The van der Waals surface area contributed by atoms with Gasteiger partial charge >= 0.3 is 0 Å². The summed E-state index contributed by atoms with van der Waals surface area (Å²) in [6.07, 6.45) is 0.943. The van der Waals surface area contributed by atoms with Crippen molar-refractivity contribution >= 4 is 5.91 Å². The Labute approximate surface area is 117 Å². The lowest BCUT2D eigenvalue weighted by Gasteiger charge is -2.05. The van der Waals surface area contributed by atoms with E-state index in [4.69, 9.17) is 4.52 Å². The molecule has 0 spiro atoms. The van der Waals surface area contributed by atoms with Gasteiger partial charge in [0.25, 0.3) is 0 Å². The Kier molecular flexibility index (Phi) is 4.50. The Morgan fingerprint density at radius 2 is 2.00 bits per heavy atom. The summed E-state index contributed by atoms with van der Waals surface area (Å²) in [5.74, 6) is 0.409. The fraction of sp³-hybridized carbons (Fsp3) is 0.333. The average molecular weight is 276 g/mol. The third kappa shape index (κ3) is 3.66. The number of aryl methyl sites for hydroxylation is 2. The van der Waals surface area contributed by atoms with E-state index in [1.807, 2.05) is 13.8 Å². The lowest BCUT2D eigenvalue weighted by atomic mass is 10.1. The normalized spacial score (nSPS) is 10.6. The van der Waals surface area contributed by atoms with E-state index in [0.717, 1.165) is 22.6 Å². The highest BCUT2D eigenvalue weighted by Crippen LogP contribution is 2.12. The molecule has 0 atom stereocenters. The maximum atomic E-state index is 12.7. The molecule has 0 saturated heterocycles. The first-order valence-electron chi connectivity index (χ1n) is 6.49. The molecule has 0 aliphatic heterocycles. The van der Waals surface area contributed by atoms with Gasteiger partial charge in [-0.25, -0.2) is 4.39 Å². The smallest absolute Gasteiger partial charge is 0.224 e. The topological polar surface area (TPSA) is 55.1 Å². The van der Waals surface area contributed by atoms with Crippen LogP contribution < -0.4 is 5.32 Å². The summed E-state index contributed by atoms with van der Waals surface area (Å²) in [6.45, 7) is 4.27. The summed E-state index contributed by atoms with van der Waals surface area (Å²) in [6, 6.07) is 5.94. The van der Waals surface area contributed by atoms with E-state index in [2.05, 4.69) is 10.5 Å². The summed E-state index contributed by atoms with van der Waals surface area (Å²) in [7, 11) is 0. The Balaban J connectivity index is 1.79. The highest BCUT2D eigenvalue weighted by molar-refractivity contribution is 5.78. The molecular formula is C15H17FN2O2.